The lowest BCUT2D eigenvalue weighted by Gasteiger charge is -2.30. The number of aryl methyl sites for hydroxylation is 1. The molecule has 6 heteroatoms. The van der Waals surface area contributed by atoms with Gasteiger partial charge in [-0.15, -0.1) is 22.9 Å². The highest BCUT2D eigenvalue weighted by Crippen LogP contribution is 2.33. The van der Waals surface area contributed by atoms with Gasteiger partial charge in [0.1, 0.15) is 0 Å². The molecular formula is C14H14ClNO2S2. The van der Waals surface area contributed by atoms with Crippen LogP contribution in [0.15, 0.2) is 40.6 Å². The number of para-hydroxylation sites is 1. The number of anilines is 1. The maximum Gasteiger partial charge on any atom is 0.265 e. The van der Waals surface area contributed by atoms with E-state index >= 15 is 0 Å². The quantitative estimate of drug-likeness (QED) is 0.807. The molecule has 0 fully saturated rings. The van der Waals surface area contributed by atoms with Gasteiger partial charge in [0.2, 0.25) is 0 Å². The van der Waals surface area contributed by atoms with Crippen molar-refractivity contribution in [3.63, 3.8) is 0 Å². The summed E-state index contributed by atoms with van der Waals surface area (Å²) in [5.74, 6) is 0.344. The molecule has 3 nitrogen and oxygen atoms in total. The fourth-order valence-corrected chi connectivity index (χ4v) is 5.36. The molecule has 1 aromatic heterocycles. The monoisotopic (exact) mass is 327 g/mol. The Morgan fingerprint density at radius 3 is 2.85 bits per heavy atom. The van der Waals surface area contributed by atoms with E-state index < -0.39 is 10.0 Å². The van der Waals surface area contributed by atoms with E-state index in [1.165, 1.54) is 15.6 Å². The second kappa shape index (κ2) is 5.39. The van der Waals surface area contributed by atoms with E-state index in [1.807, 2.05) is 24.3 Å². The Labute approximate surface area is 127 Å². The van der Waals surface area contributed by atoms with Crippen molar-refractivity contribution in [1.29, 1.82) is 0 Å². The summed E-state index contributed by atoms with van der Waals surface area (Å²) in [5, 5.41) is 1.67. The van der Waals surface area contributed by atoms with Crippen molar-refractivity contribution in [3.8, 4) is 0 Å². The van der Waals surface area contributed by atoms with E-state index in [2.05, 4.69) is 0 Å². The van der Waals surface area contributed by atoms with Gasteiger partial charge in [0.15, 0.2) is 0 Å². The van der Waals surface area contributed by atoms with E-state index in [-0.39, 0.29) is 0 Å². The summed E-state index contributed by atoms with van der Waals surface area (Å²) in [4.78, 5) is 1.21. The zero-order chi connectivity index (χ0) is 14.2. The Morgan fingerprint density at radius 1 is 1.30 bits per heavy atom. The van der Waals surface area contributed by atoms with Crippen LogP contribution in [0.1, 0.15) is 16.9 Å². The first-order chi connectivity index (χ1) is 9.63. The fraction of sp³-hybridized carbons (Fsp3) is 0.286. The number of benzene rings is 1. The van der Waals surface area contributed by atoms with Crippen LogP contribution in [0.3, 0.4) is 0 Å². The SMILES string of the molecule is O=S(=O)(c1csc(CCl)c1)N1CCCc2ccccc21. The average molecular weight is 328 g/mol. The first-order valence-corrected chi connectivity index (χ1v) is 9.22. The number of thiophene rings is 1. The number of hydrogen-bond acceptors (Lipinski definition) is 3. The van der Waals surface area contributed by atoms with Gasteiger partial charge < -0.3 is 0 Å². The zero-order valence-corrected chi connectivity index (χ0v) is 13.1. The van der Waals surface area contributed by atoms with Crippen LogP contribution in [0.25, 0.3) is 0 Å². The van der Waals surface area contributed by atoms with Gasteiger partial charge in [-0.05, 0) is 30.5 Å². The summed E-state index contributed by atoms with van der Waals surface area (Å²) in [6.07, 6.45) is 1.78. The fourth-order valence-electron chi connectivity index (χ4n) is 2.44. The minimum atomic E-state index is -3.48. The van der Waals surface area contributed by atoms with Gasteiger partial charge in [-0.1, -0.05) is 18.2 Å². The lowest BCUT2D eigenvalue weighted by molar-refractivity contribution is 0.587. The third-order valence-corrected chi connectivity index (χ3v) is 6.74. The second-order valence-electron chi connectivity index (χ2n) is 4.69. The summed E-state index contributed by atoms with van der Waals surface area (Å²) in [7, 11) is -3.48. The second-order valence-corrected chi connectivity index (χ2v) is 7.82. The van der Waals surface area contributed by atoms with Crippen molar-refractivity contribution in [2.24, 2.45) is 0 Å². The molecule has 0 amide bonds. The molecule has 0 saturated carbocycles. The molecule has 1 aromatic carbocycles. The van der Waals surface area contributed by atoms with Crippen molar-refractivity contribution >= 4 is 38.6 Å². The lowest BCUT2D eigenvalue weighted by Crippen LogP contribution is -2.35. The number of nitrogens with zero attached hydrogens (tertiary/aromatic N) is 1. The molecule has 3 rings (SSSR count). The van der Waals surface area contributed by atoms with Crippen molar-refractivity contribution in [2.75, 3.05) is 10.8 Å². The number of fused-ring (bicyclic) bond motifs is 1. The Balaban J connectivity index is 2.04. The third-order valence-electron chi connectivity index (χ3n) is 3.42. The van der Waals surface area contributed by atoms with E-state index in [0.29, 0.717) is 17.3 Å². The standard InChI is InChI=1S/C14H14ClNO2S2/c15-9-12-8-13(10-19-12)20(17,18)16-7-3-5-11-4-1-2-6-14(11)16/h1-2,4,6,8,10H,3,5,7,9H2. The summed E-state index contributed by atoms with van der Waals surface area (Å²) in [6.45, 7) is 0.533. The highest BCUT2D eigenvalue weighted by atomic mass is 35.5. The van der Waals surface area contributed by atoms with Gasteiger partial charge >= 0.3 is 0 Å². The lowest BCUT2D eigenvalue weighted by atomic mass is 10.0. The molecule has 2 heterocycles. The topological polar surface area (TPSA) is 37.4 Å². The molecule has 0 aliphatic carbocycles. The third kappa shape index (κ3) is 2.34. The molecule has 0 N–H and O–H groups in total. The van der Waals surface area contributed by atoms with Crippen LogP contribution < -0.4 is 4.31 Å². The van der Waals surface area contributed by atoms with Gasteiger partial charge in [-0.25, -0.2) is 8.42 Å². The van der Waals surface area contributed by atoms with Crippen LogP contribution >= 0.6 is 22.9 Å². The first kappa shape index (κ1) is 13.9. The average Bonchev–Trinajstić information content (AvgIpc) is 2.96. The summed E-state index contributed by atoms with van der Waals surface area (Å²) < 4.78 is 27.1. The largest absolute Gasteiger partial charge is 0.266 e. The zero-order valence-electron chi connectivity index (χ0n) is 10.8. The van der Waals surface area contributed by atoms with Gasteiger partial charge in [-0.3, -0.25) is 4.31 Å². The van der Waals surface area contributed by atoms with E-state index in [9.17, 15) is 8.42 Å². The van der Waals surface area contributed by atoms with Crippen molar-refractivity contribution in [3.05, 3.63) is 46.2 Å². The molecule has 20 heavy (non-hydrogen) atoms. The van der Waals surface area contributed by atoms with Gasteiger partial charge in [0.25, 0.3) is 10.0 Å². The molecule has 1 aliphatic rings. The number of hydrogen-bond donors (Lipinski definition) is 0. The molecule has 0 radical (unpaired) electrons. The Kier molecular flexibility index (Phi) is 3.75. The van der Waals surface area contributed by atoms with Crippen molar-refractivity contribution in [1.82, 2.24) is 0 Å². The Bertz CT molecular complexity index is 724. The van der Waals surface area contributed by atoms with Crippen molar-refractivity contribution < 1.29 is 8.42 Å². The van der Waals surface area contributed by atoms with Crippen LogP contribution in [0, 0.1) is 0 Å². The minimum Gasteiger partial charge on any atom is -0.266 e. The molecule has 2 aromatic rings. The number of halogens is 1. The summed E-state index contributed by atoms with van der Waals surface area (Å²) >= 11 is 7.14. The molecule has 0 saturated heterocycles. The predicted octanol–water partition coefficient (Wildman–Crippen LogP) is 3.63. The van der Waals surface area contributed by atoms with Crippen molar-refractivity contribution in [2.45, 2.75) is 23.6 Å². The van der Waals surface area contributed by atoms with Gasteiger partial charge in [0.05, 0.1) is 16.5 Å². The maximum atomic E-state index is 12.8. The van der Waals surface area contributed by atoms with Gasteiger partial charge in [0, 0.05) is 16.8 Å². The Morgan fingerprint density at radius 2 is 2.10 bits per heavy atom. The Hall–Kier alpha value is -1.04. The van der Waals surface area contributed by atoms with E-state index in [1.54, 1.807) is 11.4 Å². The highest BCUT2D eigenvalue weighted by molar-refractivity contribution is 7.93. The molecule has 1 aliphatic heterocycles. The normalized spacial score (nSPS) is 15.2. The highest BCUT2D eigenvalue weighted by Gasteiger charge is 2.29. The molecule has 0 unspecified atom stereocenters. The molecule has 106 valence electrons. The molecule has 0 atom stereocenters. The minimum absolute atomic E-state index is 0.342. The molecular weight excluding hydrogens is 314 g/mol. The number of alkyl halides is 1. The van der Waals surface area contributed by atoms with Crippen LogP contribution in [-0.4, -0.2) is 15.0 Å². The van der Waals surface area contributed by atoms with E-state index in [0.717, 1.165) is 29.0 Å². The smallest absolute Gasteiger partial charge is 0.265 e. The van der Waals surface area contributed by atoms with Crippen LogP contribution in [-0.2, 0) is 22.3 Å². The summed E-state index contributed by atoms with van der Waals surface area (Å²) in [5.41, 5.74) is 1.90. The maximum absolute atomic E-state index is 12.8. The molecule has 0 spiro atoms. The number of sulfonamides is 1. The van der Waals surface area contributed by atoms with E-state index in [4.69, 9.17) is 11.6 Å². The summed E-state index contributed by atoms with van der Waals surface area (Å²) in [6, 6.07) is 9.37. The predicted molar refractivity (Wildman–Crippen MR) is 83.2 cm³/mol. The number of rotatable bonds is 3. The van der Waals surface area contributed by atoms with Crippen LogP contribution in [0.2, 0.25) is 0 Å². The van der Waals surface area contributed by atoms with Gasteiger partial charge in [-0.2, -0.15) is 0 Å². The van der Waals surface area contributed by atoms with Crippen LogP contribution in [0.5, 0.6) is 0 Å². The van der Waals surface area contributed by atoms with Crippen LogP contribution in [0.4, 0.5) is 5.69 Å². The molecule has 0 bridgehead atoms. The first-order valence-electron chi connectivity index (χ1n) is 6.37.